The topological polar surface area (TPSA) is 109 Å². The molecular weight excluding hydrogens is 364 g/mol. The highest BCUT2D eigenvalue weighted by Gasteiger charge is 2.44. The summed E-state index contributed by atoms with van der Waals surface area (Å²) >= 11 is 0. The summed E-state index contributed by atoms with van der Waals surface area (Å²) in [5, 5.41) is 39.3. The highest BCUT2D eigenvalue weighted by molar-refractivity contribution is 5.34. The Morgan fingerprint density at radius 3 is 2.39 bits per heavy atom. The van der Waals surface area contributed by atoms with Crippen LogP contribution in [-0.4, -0.2) is 64.8 Å². The fourth-order valence-corrected chi connectivity index (χ4v) is 2.86. The standard InChI is InChI=1S/C21H28O7/c1-4-5-6-15(11-14-7-9-16(26-3)10-8-14)13(2)27-21-20(25)19(24)18(23)17(12-22)28-21/h4-10,17-25H,1,11-12H2,2-3H3. The molecule has 0 aromatic heterocycles. The molecule has 7 heteroatoms. The van der Waals surface area contributed by atoms with Crippen LogP contribution in [0.4, 0.5) is 0 Å². The summed E-state index contributed by atoms with van der Waals surface area (Å²) in [4.78, 5) is 0. The number of aliphatic hydroxyl groups excluding tert-OH is 4. The van der Waals surface area contributed by atoms with Crippen molar-refractivity contribution in [1.82, 2.24) is 0 Å². The minimum Gasteiger partial charge on any atom is -0.497 e. The molecule has 1 fully saturated rings. The van der Waals surface area contributed by atoms with E-state index in [1.54, 1.807) is 26.2 Å². The Balaban J connectivity index is 2.21. The van der Waals surface area contributed by atoms with Gasteiger partial charge in [-0.25, -0.2) is 0 Å². The monoisotopic (exact) mass is 392 g/mol. The van der Waals surface area contributed by atoms with Gasteiger partial charge >= 0.3 is 0 Å². The smallest absolute Gasteiger partial charge is 0.228 e. The van der Waals surface area contributed by atoms with Crippen LogP contribution in [0.2, 0.25) is 0 Å². The molecule has 0 amide bonds. The molecule has 7 nitrogen and oxygen atoms in total. The summed E-state index contributed by atoms with van der Waals surface area (Å²) in [6.07, 6.45) is -0.856. The highest BCUT2D eigenvalue weighted by Crippen LogP contribution is 2.26. The largest absolute Gasteiger partial charge is 0.497 e. The van der Waals surface area contributed by atoms with E-state index in [0.29, 0.717) is 12.2 Å². The van der Waals surface area contributed by atoms with E-state index in [1.807, 2.05) is 30.3 Å². The Morgan fingerprint density at radius 1 is 1.14 bits per heavy atom. The van der Waals surface area contributed by atoms with Gasteiger partial charge in [-0.1, -0.05) is 36.9 Å². The van der Waals surface area contributed by atoms with Crippen molar-refractivity contribution in [3.63, 3.8) is 0 Å². The zero-order valence-electron chi connectivity index (χ0n) is 16.1. The van der Waals surface area contributed by atoms with Crippen molar-refractivity contribution in [2.45, 2.75) is 44.1 Å². The molecule has 0 aliphatic carbocycles. The van der Waals surface area contributed by atoms with Gasteiger partial charge in [-0.3, -0.25) is 0 Å². The van der Waals surface area contributed by atoms with E-state index in [1.165, 1.54) is 0 Å². The first-order valence-corrected chi connectivity index (χ1v) is 9.00. The van der Waals surface area contributed by atoms with Crippen LogP contribution in [0.3, 0.4) is 0 Å². The third kappa shape index (κ3) is 5.43. The van der Waals surface area contributed by atoms with Gasteiger partial charge in [-0.05, 0) is 30.2 Å². The molecule has 154 valence electrons. The predicted octanol–water partition coefficient (Wildman–Crippen LogP) is 1.07. The van der Waals surface area contributed by atoms with Gasteiger partial charge in [0.05, 0.1) is 13.7 Å². The Morgan fingerprint density at radius 2 is 1.82 bits per heavy atom. The van der Waals surface area contributed by atoms with Gasteiger partial charge in [0, 0.05) is 6.42 Å². The van der Waals surface area contributed by atoms with Crippen molar-refractivity contribution < 1.29 is 34.6 Å². The maximum Gasteiger partial charge on any atom is 0.228 e. The van der Waals surface area contributed by atoms with Crippen molar-refractivity contribution in [3.8, 4) is 5.75 Å². The Hall–Kier alpha value is -2.16. The number of benzene rings is 1. The second kappa shape index (κ2) is 10.4. The van der Waals surface area contributed by atoms with Crippen molar-refractivity contribution in [3.05, 3.63) is 66.0 Å². The van der Waals surface area contributed by atoms with Gasteiger partial charge in [0.25, 0.3) is 0 Å². The molecule has 1 heterocycles. The van der Waals surface area contributed by atoms with Crippen molar-refractivity contribution in [2.24, 2.45) is 0 Å². The van der Waals surface area contributed by atoms with Crippen LogP contribution in [0.1, 0.15) is 12.5 Å². The Bertz CT molecular complexity index is 693. The number of ether oxygens (including phenoxy) is 3. The van der Waals surface area contributed by atoms with Gasteiger partial charge < -0.3 is 34.6 Å². The van der Waals surface area contributed by atoms with E-state index < -0.39 is 37.3 Å². The van der Waals surface area contributed by atoms with Crippen molar-refractivity contribution >= 4 is 0 Å². The zero-order valence-corrected chi connectivity index (χ0v) is 16.1. The van der Waals surface area contributed by atoms with Gasteiger partial charge in [0.15, 0.2) is 0 Å². The molecule has 1 aliphatic heterocycles. The number of aliphatic hydroxyl groups is 4. The van der Waals surface area contributed by atoms with E-state index in [4.69, 9.17) is 14.2 Å². The molecule has 1 saturated heterocycles. The zero-order chi connectivity index (χ0) is 20.7. The number of rotatable bonds is 8. The van der Waals surface area contributed by atoms with E-state index in [-0.39, 0.29) is 0 Å². The summed E-state index contributed by atoms with van der Waals surface area (Å²) in [5.41, 5.74) is 1.82. The van der Waals surface area contributed by atoms with Crippen molar-refractivity contribution in [1.29, 1.82) is 0 Å². The molecule has 0 bridgehead atoms. The minimum absolute atomic E-state index is 0.471. The van der Waals surface area contributed by atoms with Crippen LogP contribution in [0, 0.1) is 0 Å². The normalized spacial score (nSPS) is 28.7. The molecule has 1 aromatic carbocycles. The van der Waals surface area contributed by atoms with Crippen LogP contribution >= 0.6 is 0 Å². The quantitative estimate of drug-likeness (QED) is 0.387. The van der Waals surface area contributed by atoms with Crippen LogP contribution in [0.25, 0.3) is 0 Å². The summed E-state index contributed by atoms with van der Waals surface area (Å²) < 4.78 is 16.3. The van der Waals surface area contributed by atoms with Crippen LogP contribution in [0.15, 0.2) is 60.4 Å². The molecule has 5 atom stereocenters. The molecule has 4 N–H and O–H groups in total. The fourth-order valence-electron chi connectivity index (χ4n) is 2.86. The molecule has 1 aromatic rings. The Labute approximate surface area is 164 Å². The molecular formula is C21H28O7. The maximum absolute atomic E-state index is 10.2. The maximum atomic E-state index is 10.2. The van der Waals surface area contributed by atoms with E-state index >= 15 is 0 Å². The second-order valence-corrected chi connectivity index (χ2v) is 6.52. The lowest BCUT2D eigenvalue weighted by Crippen LogP contribution is -2.59. The third-order valence-corrected chi connectivity index (χ3v) is 4.58. The van der Waals surface area contributed by atoms with Gasteiger partial charge in [-0.15, -0.1) is 0 Å². The first kappa shape index (κ1) is 22.1. The van der Waals surface area contributed by atoms with Gasteiger partial charge in [0.1, 0.15) is 35.9 Å². The summed E-state index contributed by atoms with van der Waals surface area (Å²) in [6.45, 7) is 4.87. The average molecular weight is 392 g/mol. The molecule has 0 radical (unpaired) electrons. The van der Waals surface area contributed by atoms with E-state index in [9.17, 15) is 20.4 Å². The molecule has 0 spiro atoms. The second-order valence-electron chi connectivity index (χ2n) is 6.52. The van der Waals surface area contributed by atoms with Crippen LogP contribution in [-0.2, 0) is 15.9 Å². The molecule has 28 heavy (non-hydrogen) atoms. The lowest BCUT2D eigenvalue weighted by Gasteiger charge is -2.39. The minimum atomic E-state index is -1.49. The molecule has 1 aliphatic rings. The van der Waals surface area contributed by atoms with Crippen LogP contribution < -0.4 is 4.74 Å². The molecule has 2 rings (SSSR count). The van der Waals surface area contributed by atoms with Gasteiger partial charge in [0.2, 0.25) is 6.29 Å². The number of allylic oxidation sites excluding steroid dienone is 5. The number of hydrogen-bond acceptors (Lipinski definition) is 7. The third-order valence-electron chi connectivity index (χ3n) is 4.58. The van der Waals surface area contributed by atoms with E-state index in [2.05, 4.69) is 6.58 Å². The van der Waals surface area contributed by atoms with Crippen molar-refractivity contribution in [2.75, 3.05) is 13.7 Å². The first-order valence-electron chi connectivity index (χ1n) is 9.00. The SMILES string of the molecule is C=CC=CC(Cc1ccc(OC)cc1)=C(C)OC1OC(CO)C(O)C(O)C1O. The lowest BCUT2D eigenvalue weighted by atomic mass is 9.99. The molecule has 0 saturated carbocycles. The summed E-state index contributed by atoms with van der Waals surface area (Å²) in [7, 11) is 1.60. The number of methoxy groups -OCH3 is 1. The average Bonchev–Trinajstić information content (AvgIpc) is 2.71. The molecule has 5 unspecified atom stereocenters. The predicted molar refractivity (Wildman–Crippen MR) is 104 cm³/mol. The summed E-state index contributed by atoms with van der Waals surface area (Å²) in [5.74, 6) is 1.23. The van der Waals surface area contributed by atoms with E-state index in [0.717, 1.165) is 16.9 Å². The highest BCUT2D eigenvalue weighted by atomic mass is 16.7. The van der Waals surface area contributed by atoms with Crippen LogP contribution in [0.5, 0.6) is 5.75 Å². The Kier molecular flexibility index (Phi) is 8.22. The fraction of sp³-hybridized carbons (Fsp3) is 0.429. The number of hydrogen-bond donors (Lipinski definition) is 4. The first-order chi connectivity index (χ1) is 13.4. The van der Waals surface area contributed by atoms with Gasteiger partial charge in [-0.2, -0.15) is 0 Å². The lowest BCUT2D eigenvalue weighted by molar-refractivity contribution is -0.291. The summed E-state index contributed by atoms with van der Waals surface area (Å²) in [6, 6.07) is 7.58.